The second-order valence-corrected chi connectivity index (χ2v) is 3.17. The Bertz CT molecular complexity index is 306. The molecular formula is C10H14N2O2. The van der Waals surface area contributed by atoms with Gasteiger partial charge in [0, 0.05) is 17.8 Å². The summed E-state index contributed by atoms with van der Waals surface area (Å²) in [6.07, 6.45) is -0.397. The quantitative estimate of drug-likeness (QED) is 0.656. The molecule has 0 fully saturated rings. The van der Waals surface area contributed by atoms with Crippen molar-refractivity contribution in [1.29, 1.82) is 0 Å². The second kappa shape index (κ2) is 4.62. The largest absolute Gasteiger partial charge is 0.392 e. The summed E-state index contributed by atoms with van der Waals surface area (Å²) in [4.78, 5) is 10.7. The summed E-state index contributed by atoms with van der Waals surface area (Å²) < 4.78 is 0. The monoisotopic (exact) mass is 194 g/mol. The fourth-order valence-electron chi connectivity index (χ4n) is 1.02. The minimum Gasteiger partial charge on any atom is -0.392 e. The number of carbonyl (C=O) groups is 1. The highest BCUT2D eigenvalue weighted by molar-refractivity contribution is 5.93. The van der Waals surface area contributed by atoms with Crippen LogP contribution < -0.4 is 11.1 Å². The van der Waals surface area contributed by atoms with E-state index in [2.05, 4.69) is 5.32 Å². The van der Waals surface area contributed by atoms with Crippen molar-refractivity contribution in [1.82, 2.24) is 0 Å². The number of nitrogens with two attached hydrogens (primary N) is 1. The molecule has 1 aromatic carbocycles. The van der Waals surface area contributed by atoms with E-state index in [0.717, 1.165) is 5.69 Å². The Morgan fingerprint density at radius 1 is 1.50 bits per heavy atom. The molecule has 0 bridgehead atoms. The molecule has 14 heavy (non-hydrogen) atoms. The number of hydrogen-bond acceptors (Lipinski definition) is 3. The van der Waals surface area contributed by atoms with Crippen LogP contribution in [0.15, 0.2) is 24.3 Å². The Kier molecular flexibility index (Phi) is 3.48. The van der Waals surface area contributed by atoms with Gasteiger partial charge < -0.3 is 16.2 Å². The fraction of sp³-hybridized carbons (Fsp3) is 0.300. The molecule has 0 aliphatic carbocycles. The van der Waals surface area contributed by atoms with E-state index in [1.165, 1.54) is 0 Å². The number of aliphatic hydroxyl groups is 1. The van der Waals surface area contributed by atoms with Gasteiger partial charge in [-0.1, -0.05) is 0 Å². The van der Waals surface area contributed by atoms with Gasteiger partial charge in [-0.3, -0.25) is 4.79 Å². The van der Waals surface area contributed by atoms with Crippen LogP contribution in [-0.2, 0) is 0 Å². The molecular weight excluding hydrogens is 180 g/mol. The second-order valence-electron chi connectivity index (χ2n) is 3.17. The molecule has 0 unspecified atom stereocenters. The molecule has 1 rings (SSSR count). The average molecular weight is 194 g/mol. The van der Waals surface area contributed by atoms with Gasteiger partial charge in [0.15, 0.2) is 0 Å². The van der Waals surface area contributed by atoms with E-state index in [0.29, 0.717) is 12.1 Å². The van der Waals surface area contributed by atoms with E-state index in [1.54, 1.807) is 31.2 Å². The number of anilines is 1. The number of primary amides is 1. The minimum absolute atomic E-state index is 0.397. The number of amides is 1. The van der Waals surface area contributed by atoms with E-state index in [-0.39, 0.29) is 0 Å². The van der Waals surface area contributed by atoms with Gasteiger partial charge in [0.25, 0.3) is 0 Å². The van der Waals surface area contributed by atoms with Crippen LogP contribution in [0.1, 0.15) is 17.3 Å². The van der Waals surface area contributed by atoms with Gasteiger partial charge >= 0.3 is 0 Å². The third-order valence-electron chi connectivity index (χ3n) is 1.77. The van der Waals surface area contributed by atoms with Crippen LogP contribution in [0.25, 0.3) is 0 Å². The summed E-state index contributed by atoms with van der Waals surface area (Å²) in [5.74, 6) is -0.438. The van der Waals surface area contributed by atoms with Crippen molar-refractivity contribution < 1.29 is 9.90 Å². The highest BCUT2D eigenvalue weighted by atomic mass is 16.3. The third kappa shape index (κ3) is 3.06. The average Bonchev–Trinajstić information content (AvgIpc) is 2.15. The molecule has 0 heterocycles. The first-order valence-electron chi connectivity index (χ1n) is 4.41. The highest BCUT2D eigenvalue weighted by Gasteiger charge is 1.99. The summed E-state index contributed by atoms with van der Waals surface area (Å²) in [6, 6.07) is 6.80. The Balaban J connectivity index is 2.60. The zero-order chi connectivity index (χ0) is 10.6. The third-order valence-corrected chi connectivity index (χ3v) is 1.77. The standard InChI is InChI=1S/C10H14N2O2/c1-7(13)6-12-9-4-2-8(3-5-9)10(11)14/h2-5,7,12-13H,6H2,1H3,(H2,11,14)/t7-/m1/s1. The molecule has 0 saturated carbocycles. The van der Waals surface area contributed by atoms with E-state index >= 15 is 0 Å². The lowest BCUT2D eigenvalue weighted by molar-refractivity contribution is 0.100. The van der Waals surface area contributed by atoms with Crippen LogP contribution in [0.5, 0.6) is 0 Å². The number of rotatable bonds is 4. The summed E-state index contributed by atoms with van der Waals surface area (Å²) in [5, 5.41) is 12.0. The number of hydrogen-bond donors (Lipinski definition) is 3. The Labute approximate surface area is 82.7 Å². The molecule has 1 aromatic rings. The maximum absolute atomic E-state index is 10.7. The van der Waals surface area contributed by atoms with Gasteiger partial charge in [0.2, 0.25) is 5.91 Å². The number of aliphatic hydroxyl groups excluding tert-OH is 1. The first-order chi connectivity index (χ1) is 6.59. The number of nitrogens with one attached hydrogen (secondary N) is 1. The van der Waals surface area contributed by atoms with Crippen LogP contribution in [0.2, 0.25) is 0 Å². The number of carbonyl (C=O) groups excluding carboxylic acids is 1. The minimum atomic E-state index is -0.438. The number of benzene rings is 1. The van der Waals surface area contributed by atoms with Crippen molar-refractivity contribution in [2.45, 2.75) is 13.0 Å². The first kappa shape index (κ1) is 10.5. The van der Waals surface area contributed by atoms with Gasteiger partial charge in [-0.05, 0) is 31.2 Å². The van der Waals surface area contributed by atoms with Crippen LogP contribution >= 0.6 is 0 Å². The molecule has 0 radical (unpaired) electrons. The normalized spacial score (nSPS) is 12.1. The lowest BCUT2D eigenvalue weighted by atomic mass is 10.2. The maximum Gasteiger partial charge on any atom is 0.248 e. The van der Waals surface area contributed by atoms with E-state index in [9.17, 15) is 4.79 Å². The van der Waals surface area contributed by atoms with Crippen molar-refractivity contribution in [3.8, 4) is 0 Å². The smallest absolute Gasteiger partial charge is 0.248 e. The van der Waals surface area contributed by atoms with E-state index < -0.39 is 12.0 Å². The van der Waals surface area contributed by atoms with Crippen LogP contribution in [0.4, 0.5) is 5.69 Å². The molecule has 0 saturated heterocycles. The lowest BCUT2D eigenvalue weighted by Gasteiger charge is -2.08. The molecule has 4 N–H and O–H groups in total. The Hall–Kier alpha value is -1.55. The van der Waals surface area contributed by atoms with E-state index in [1.807, 2.05) is 0 Å². The highest BCUT2D eigenvalue weighted by Crippen LogP contribution is 2.08. The first-order valence-corrected chi connectivity index (χ1v) is 4.41. The molecule has 0 aromatic heterocycles. The van der Waals surface area contributed by atoms with E-state index in [4.69, 9.17) is 10.8 Å². The molecule has 76 valence electrons. The van der Waals surface area contributed by atoms with Crippen molar-refractivity contribution in [3.05, 3.63) is 29.8 Å². The summed E-state index contributed by atoms with van der Waals surface area (Å²) in [6.45, 7) is 2.18. The summed E-state index contributed by atoms with van der Waals surface area (Å²) >= 11 is 0. The summed E-state index contributed by atoms with van der Waals surface area (Å²) in [5.41, 5.74) is 6.42. The van der Waals surface area contributed by atoms with Crippen LogP contribution in [0, 0.1) is 0 Å². The fourth-order valence-corrected chi connectivity index (χ4v) is 1.02. The maximum atomic E-state index is 10.7. The predicted molar refractivity (Wildman–Crippen MR) is 55.1 cm³/mol. The van der Waals surface area contributed by atoms with Gasteiger partial charge in [0.05, 0.1) is 6.10 Å². The zero-order valence-corrected chi connectivity index (χ0v) is 8.03. The van der Waals surface area contributed by atoms with Crippen LogP contribution in [-0.4, -0.2) is 23.7 Å². The Morgan fingerprint density at radius 3 is 2.50 bits per heavy atom. The topological polar surface area (TPSA) is 75.3 Å². The van der Waals surface area contributed by atoms with Crippen molar-refractivity contribution in [2.24, 2.45) is 5.73 Å². The zero-order valence-electron chi connectivity index (χ0n) is 8.03. The van der Waals surface area contributed by atoms with Gasteiger partial charge in [-0.25, -0.2) is 0 Å². The SMILES string of the molecule is C[C@@H](O)CNc1ccc(C(N)=O)cc1. The van der Waals surface area contributed by atoms with Crippen molar-refractivity contribution >= 4 is 11.6 Å². The molecule has 4 heteroatoms. The van der Waals surface area contributed by atoms with Crippen molar-refractivity contribution in [2.75, 3.05) is 11.9 Å². The molecule has 1 amide bonds. The van der Waals surface area contributed by atoms with Gasteiger partial charge in [-0.15, -0.1) is 0 Å². The Morgan fingerprint density at radius 2 is 2.07 bits per heavy atom. The molecule has 0 spiro atoms. The predicted octanol–water partition coefficient (Wildman–Crippen LogP) is 0.578. The van der Waals surface area contributed by atoms with Gasteiger partial charge in [0.1, 0.15) is 0 Å². The van der Waals surface area contributed by atoms with Crippen LogP contribution in [0.3, 0.4) is 0 Å². The molecule has 4 nitrogen and oxygen atoms in total. The lowest BCUT2D eigenvalue weighted by Crippen LogP contribution is -2.15. The summed E-state index contributed by atoms with van der Waals surface area (Å²) in [7, 11) is 0. The molecule has 0 aliphatic heterocycles. The molecule has 1 atom stereocenters. The molecule has 0 aliphatic rings. The van der Waals surface area contributed by atoms with Crippen molar-refractivity contribution in [3.63, 3.8) is 0 Å². The van der Waals surface area contributed by atoms with Gasteiger partial charge in [-0.2, -0.15) is 0 Å².